The number of hydrogen-bond acceptors (Lipinski definition) is 2. The van der Waals surface area contributed by atoms with Crippen molar-refractivity contribution in [2.75, 3.05) is 5.75 Å². The second-order valence-corrected chi connectivity index (χ2v) is 5.61. The van der Waals surface area contributed by atoms with Crippen LogP contribution in [0.15, 0.2) is 0 Å². The van der Waals surface area contributed by atoms with E-state index in [0.29, 0.717) is 0 Å². The zero-order valence-electron chi connectivity index (χ0n) is 7.88. The van der Waals surface area contributed by atoms with E-state index >= 15 is 0 Å². The Morgan fingerprint density at radius 1 is 1.17 bits per heavy atom. The molecular weight excluding hydrogens is 166 g/mol. The smallest absolute Gasteiger partial charge is 0.00805 e. The molecule has 0 heterocycles. The van der Waals surface area contributed by atoms with Crippen molar-refractivity contribution in [3.8, 4) is 0 Å². The maximum atomic E-state index is 3.73. The fourth-order valence-electron chi connectivity index (χ4n) is 2.06. The fraction of sp³-hybridized carbons (Fsp3) is 1.00. The van der Waals surface area contributed by atoms with Gasteiger partial charge in [-0.3, -0.25) is 0 Å². The highest BCUT2D eigenvalue weighted by molar-refractivity contribution is 7.99. The molecule has 0 bridgehead atoms. The monoisotopic (exact) mass is 185 g/mol. The van der Waals surface area contributed by atoms with Gasteiger partial charge in [0.25, 0.3) is 0 Å². The SMILES string of the molecule is CCSC1CCC(NC2CC2)C1. The normalized spacial score (nSPS) is 35.8. The van der Waals surface area contributed by atoms with Crippen molar-refractivity contribution in [1.29, 1.82) is 0 Å². The molecule has 1 N–H and O–H groups in total. The maximum Gasteiger partial charge on any atom is 0.00805 e. The van der Waals surface area contributed by atoms with E-state index in [2.05, 4.69) is 24.0 Å². The Morgan fingerprint density at radius 3 is 2.58 bits per heavy atom. The lowest BCUT2D eigenvalue weighted by Gasteiger charge is -2.11. The van der Waals surface area contributed by atoms with Gasteiger partial charge in [-0.1, -0.05) is 6.92 Å². The van der Waals surface area contributed by atoms with Crippen LogP contribution >= 0.6 is 11.8 Å². The predicted octanol–water partition coefficient (Wildman–Crippen LogP) is 2.41. The maximum absolute atomic E-state index is 3.73. The second-order valence-electron chi connectivity index (χ2n) is 4.03. The third kappa shape index (κ3) is 2.40. The summed E-state index contributed by atoms with van der Waals surface area (Å²) >= 11 is 2.15. The van der Waals surface area contributed by atoms with E-state index in [9.17, 15) is 0 Å². The number of nitrogens with one attached hydrogen (secondary N) is 1. The molecule has 0 amide bonds. The molecule has 0 saturated heterocycles. The molecule has 0 spiro atoms. The summed E-state index contributed by atoms with van der Waals surface area (Å²) in [6, 6.07) is 1.77. The van der Waals surface area contributed by atoms with Crippen LogP contribution in [0.25, 0.3) is 0 Å². The first-order chi connectivity index (χ1) is 5.88. The number of rotatable bonds is 4. The largest absolute Gasteiger partial charge is 0.311 e. The van der Waals surface area contributed by atoms with Crippen LogP contribution in [0.2, 0.25) is 0 Å². The van der Waals surface area contributed by atoms with Crippen molar-refractivity contribution >= 4 is 11.8 Å². The van der Waals surface area contributed by atoms with E-state index in [0.717, 1.165) is 17.3 Å². The number of thioether (sulfide) groups is 1. The zero-order chi connectivity index (χ0) is 8.39. The van der Waals surface area contributed by atoms with Crippen molar-refractivity contribution < 1.29 is 0 Å². The zero-order valence-corrected chi connectivity index (χ0v) is 8.70. The van der Waals surface area contributed by atoms with Gasteiger partial charge in [-0.2, -0.15) is 11.8 Å². The average molecular weight is 185 g/mol. The van der Waals surface area contributed by atoms with Crippen LogP contribution < -0.4 is 5.32 Å². The van der Waals surface area contributed by atoms with Crippen molar-refractivity contribution in [2.24, 2.45) is 0 Å². The van der Waals surface area contributed by atoms with Crippen molar-refractivity contribution in [3.63, 3.8) is 0 Å². The van der Waals surface area contributed by atoms with E-state index in [-0.39, 0.29) is 0 Å². The van der Waals surface area contributed by atoms with Gasteiger partial charge in [0.15, 0.2) is 0 Å². The van der Waals surface area contributed by atoms with Gasteiger partial charge in [0.2, 0.25) is 0 Å². The van der Waals surface area contributed by atoms with Gasteiger partial charge in [0.1, 0.15) is 0 Å². The van der Waals surface area contributed by atoms with E-state index in [1.807, 2.05) is 0 Å². The molecule has 0 radical (unpaired) electrons. The molecule has 12 heavy (non-hydrogen) atoms. The Hall–Kier alpha value is 0.310. The molecule has 0 aliphatic heterocycles. The predicted molar refractivity (Wildman–Crippen MR) is 55.7 cm³/mol. The van der Waals surface area contributed by atoms with Gasteiger partial charge >= 0.3 is 0 Å². The molecule has 2 aliphatic rings. The van der Waals surface area contributed by atoms with Gasteiger partial charge < -0.3 is 5.32 Å². The second kappa shape index (κ2) is 4.01. The minimum atomic E-state index is 0.863. The molecule has 2 unspecified atom stereocenters. The van der Waals surface area contributed by atoms with E-state index in [4.69, 9.17) is 0 Å². The Kier molecular flexibility index (Phi) is 2.97. The van der Waals surface area contributed by atoms with Crippen LogP contribution in [-0.4, -0.2) is 23.1 Å². The van der Waals surface area contributed by atoms with Crippen molar-refractivity contribution in [2.45, 2.75) is 56.4 Å². The molecule has 2 fully saturated rings. The third-order valence-electron chi connectivity index (χ3n) is 2.84. The molecule has 1 nitrogen and oxygen atoms in total. The van der Waals surface area contributed by atoms with Crippen LogP contribution in [0, 0.1) is 0 Å². The van der Waals surface area contributed by atoms with Gasteiger partial charge in [-0.05, 0) is 37.9 Å². The van der Waals surface area contributed by atoms with Crippen LogP contribution in [0.1, 0.15) is 39.0 Å². The van der Waals surface area contributed by atoms with E-state index in [1.54, 1.807) is 0 Å². The summed E-state index contributed by atoms with van der Waals surface area (Å²) in [5, 5.41) is 4.69. The molecule has 2 heteroatoms. The Morgan fingerprint density at radius 2 is 1.92 bits per heavy atom. The van der Waals surface area contributed by atoms with Crippen LogP contribution in [0.3, 0.4) is 0 Å². The topological polar surface area (TPSA) is 12.0 Å². The Bertz CT molecular complexity index is 145. The lowest BCUT2D eigenvalue weighted by atomic mass is 10.2. The highest BCUT2D eigenvalue weighted by Crippen LogP contribution is 2.31. The Labute approximate surface area is 79.7 Å². The van der Waals surface area contributed by atoms with Gasteiger partial charge in [-0.25, -0.2) is 0 Å². The lowest BCUT2D eigenvalue weighted by molar-refractivity contribution is 0.522. The first kappa shape index (κ1) is 8.89. The number of hydrogen-bond donors (Lipinski definition) is 1. The summed E-state index contributed by atoms with van der Waals surface area (Å²) in [6.45, 7) is 2.27. The summed E-state index contributed by atoms with van der Waals surface area (Å²) in [4.78, 5) is 0. The van der Waals surface area contributed by atoms with Crippen molar-refractivity contribution in [1.82, 2.24) is 5.32 Å². The summed E-state index contributed by atoms with van der Waals surface area (Å²) in [5.74, 6) is 1.29. The molecule has 2 aliphatic carbocycles. The van der Waals surface area contributed by atoms with Crippen LogP contribution in [-0.2, 0) is 0 Å². The standard InChI is InChI=1S/C10H19NS/c1-2-12-10-6-5-9(7-10)11-8-3-4-8/h8-11H,2-7H2,1H3. The van der Waals surface area contributed by atoms with E-state index in [1.165, 1.54) is 37.9 Å². The summed E-state index contributed by atoms with van der Waals surface area (Å²) in [7, 11) is 0. The molecule has 2 rings (SSSR count). The average Bonchev–Trinajstić information content (AvgIpc) is 2.74. The highest BCUT2D eigenvalue weighted by Gasteiger charge is 2.29. The first-order valence-corrected chi connectivity index (χ1v) is 6.31. The molecule has 0 aromatic carbocycles. The third-order valence-corrected chi connectivity index (χ3v) is 4.07. The van der Waals surface area contributed by atoms with Gasteiger partial charge in [0.05, 0.1) is 0 Å². The van der Waals surface area contributed by atoms with Gasteiger partial charge in [0, 0.05) is 17.3 Å². The molecule has 0 aromatic heterocycles. The summed E-state index contributed by atoms with van der Waals surface area (Å²) < 4.78 is 0. The molecule has 2 atom stereocenters. The van der Waals surface area contributed by atoms with Crippen LogP contribution in [0.5, 0.6) is 0 Å². The summed E-state index contributed by atoms with van der Waals surface area (Å²) in [6.07, 6.45) is 7.16. The van der Waals surface area contributed by atoms with Gasteiger partial charge in [-0.15, -0.1) is 0 Å². The minimum absolute atomic E-state index is 0.863. The molecule has 0 aromatic rings. The Balaban J connectivity index is 1.66. The van der Waals surface area contributed by atoms with E-state index < -0.39 is 0 Å². The van der Waals surface area contributed by atoms with Crippen LogP contribution in [0.4, 0.5) is 0 Å². The fourth-order valence-corrected chi connectivity index (χ4v) is 3.20. The quantitative estimate of drug-likeness (QED) is 0.722. The first-order valence-electron chi connectivity index (χ1n) is 5.26. The molecule has 2 saturated carbocycles. The molecular formula is C10H19NS. The van der Waals surface area contributed by atoms with Crippen molar-refractivity contribution in [3.05, 3.63) is 0 Å². The lowest BCUT2D eigenvalue weighted by Crippen LogP contribution is -2.28. The summed E-state index contributed by atoms with van der Waals surface area (Å²) in [5.41, 5.74) is 0. The highest BCUT2D eigenvalue weighted by atomic mass is 32.2. The minimum Gasteiger partial charge on any atom is -0.311 e. The molecule has 70 valence electrons.